The maximum atomic E-state index is 13.9. The van der Waals surface area contributed by atoms with E-state index in [1.807, 2.05) is 0 Å². The van der Waals surface area contributed by atoms with E-state index in [-0.39, 0.29) is 16.7 Å². The third kappa shape index (κ3) is 3.80. The Kier molecular flexibility index (Phi) is 5.40. The number of rotatable bonds is 4. The van der Waals surface area contributed by atoms with Crippen LogP contribution in [0.2, 0.25) is 0 Å². The summed E-state index contributed by atoms with van der Waals surface area (Å²) in [4.78, 5) is 43.4. The number of benzene rings is 2. The Bertz CT molecular complexity index is 1480. The zero-order valence-electron chi connectivity index (χ0n) is 17.2. The summed E-state index contributed by atoms with van der Waals surface area (Å²) >= 11 is 0. The van der Waals surface area contributed by atoms with Crippen LogP contribution in [-0.2, 0) is 11.3 Å². The van der Waals surface area contributed by atoms with E-state index in [0.717, 1.165) is 22.8 Å². The molecule has 0 aliphatic carbocycles. The fraction of sp³-hybridized carbons (Fsp3) is 0.130. The normalized spacial score (nSPS) is 11.0. The Balaban J connectivity index is 1.88. The van der Waals surface area contributed by atoms with Gasteiger partial charge in [0, 0.05) is 11.8 Å². The molecule has 0 radical (unpaired) electrons. The quantitative estimate of drug-likeness (QED) is 0.533. The van der Waals surface area contributed by atoms with Gasteiger partial charge in [-0.15, -0.1) is 0 Å². The number of fused-ring (bicyclic) bond motifs is 1. The predicted octanol–water partition coefficient (Wildman–Crippen LogP) is 3.08. The Morgan fingerprint density at radius 2 is 1.75 bits per heavy atom. The molecule has 2 aromatic heterocycles. The molecule has 0 aliphatic rings. The minimum absolute atomic E-state index is 0.177. The molecule has 7 nitrogen and oxygen atoms in total. The van der Waals surface area contributed by atoms with Crippen molar-refractivity contribution in [1.82, 2.24) is 14.1 Å². The van der Waals surface area contributed by atoms with E-state index in [1.54, 1.807) is 50.2 Å². The zero-order valence-corrected chi connectivity index (χ0v) is 17.2. The summed E-state index contributed by atoms with van der Waals surface area (Å²) in [5.74, 6) is -2.44. The molecule has 0 bridgehead atoms. The molecule has 2 heterocycles. The number of amides is 1. The molecule has 0 atom stereocenters. The summed E-state index contributed by atoms with van der Waals surface area (Å²) < 4.78 is 29.3. The van der Waals surface area contributed by atoms with Gasteiger partial charge in [0.1, 0.15) is 18.2 Å². The van der Waals surface area contributed by atoms with Crippen molar-refractivity contribution in [3.05, 3.63) is 98.3 Å². The van der Waals surface area contributed by atoms with Gasteiger partial charge in [0.2, 0.25) is 5.91 Å². The lowest BCUT2D eigenvalue weighted by Gasteiger charge is -2.15. The van der Waals surface area contributed by atoms with Gasteiger partial charge in [0.25, 0.3) is 5.56 Å². The summed E-state index contributed by atoms with van der Waals surface area (Å²) in [6, 6.07) is 12.9. The summed E-state index contributed by atoms with van der Waals surface area (Å²) in [7, 11) is 0. The Morgan fingerprint density at radius 3 is 2.47 bits per heavy atom. The molecule has 0 fully saturated rings. The van der Waals surface area contributed by atoms with Crippen LogP contribution in [0.25, 0.3) is 16.7 Å². The van der Waals surface area contributed by atoms with E-state index >= 15 is 0 Å². The van der Waals surface area contributed by atoms with Crippen molar-refractivity contribution < 1.29 is 13.6 Å². The number of carbonyl (C=O) groups is 1. The van der Waals surface area contributed by atoms with Crippen LogP contribution in [0, 0.1) is 25.5 Å². The van der Waals surface area contributed by atoms with E-state index in [2.05, 4.69) is 10.3 Å². The number of pyridine rings is 1. The monoisotopic (exact) mass is 436 g/mol. The Labute approximate surface area is 180 Å². The summed E-state index contributed by atoms with van der Waals surface area (Å²) in [6.45, 7) is 2.77. The molecule has 0 aliphatic heterocycles. The van der Waals surface area contributed by atoms with Crippen molar-refractivity contribution in [2.75, 3.05) is 5.32 Å². The smallest absolute Gasteiger partial charge is 0.322 e. The molecule has 0 spiro atoms. The van der Waals surface area contributed by atoms with Gasteiger partial charge in [-0.1, -0.05) is 18.2 Å². The summed E-state index contributed by atoms with van der Waals surface area (Å²) in [5, 5.41) is 2.39. The van der Waals surface area contributed by atoms with Crippen LogP contribution in [0.1, 0.15) is 11.3 Å². The van der Waals surface area contributed by atoms with E-state index in [4.69, 9.17) is 0 Å². The highest BCUT2D eigenvalue weighted by molar-refractivity contribution is 5.91. The molecule has 0 unspecified atom stereocenters. The summed E-state index contributed by atoms with van der Waals surface area (Å²) in [5.41, 5.74) is -0.0104. The molecule has 1 N–H and O–H groups in total. The van der Waals surface area contributed by atoms with Gasteiger partial charge < -0.3 is 5.32 Å². The maximum absolute atomic E-state index is 13.9. The molecule has 162 valence electrons. The van der Waals surface area contributed by atoms with Gasteiger partial charge >= 0.3 is 5.69 Å². The van der Waals surface area contributed by atoms with Crippen LogP contribution in [0.4, 0.5) is 14.5 Å². The number of aryl methyl sites for hydroxylation is 2. The second kappa shape index (κ2) is 8.18. The lowest BCUT2D eigenvalue weighted by Crippen LogP contribution is -2.42. The highest BCUT2D eigenvalue weighted by Crippen LogP contribution is 2.17. The molecule has 1 amide bonds. The molecule has 4 aromatic rings. The Morgan fingerprint density at radius 1 is 1.03 bits per heavy atom. The van der Waals surface area contributed by atoms with Gasteiger partial charge in [0.15, 0.2) is 5.65 Å². The molecule has 0 saturated heterocycles. The largest absolute Gasteiger partial charge is 0.337 e. The standard InChI is InChI=1S/C23H18F2N4O3/c1-13-10-14(2)26-21-20(13)22(31)28(23(32)29(21)16-6-4-3-5-7-16)12-19(30)27-18-11-15(24)8-9-17(18)25/h3-11H,12H2,1-2H3,(H,27,30). The predicted molar refractivity (Wildman–Crippen MR) is 116 cm³/mol. The number of nitrogens with zero attached hydrogens (tertiary/aromatic N) is 3. The highest BCUT2D eigenvalue weighted by Gasteiger charge is 2.20. The van der Waals surface area contributed by atoms with E-state index in [0.29, 0.717) is 16.9 Å². The SMILES string of the molecule is Cc1cc(C)c2c(=O)n(CC(=O)Nc3cc(F)ccc3F)c(=O)n(-c3ccccc3)c2n1. The first-order chi connectivity index (χ1) is 15.3. The van der Waals surface area contributed by atoms with Crippen LogP contribution < -0.4 is 16.6 Å². The molecular formula is C23H18F2N4O3. The van der Waals surface area contributed by atoms with Gasteiger partial charge in [-0.25, -0.2) is 27.7 Å². The molecule has 4 rings (SSSR count). The fourth-order valence-electron chi connectivity index (χ4n) is 3.55. The number of carbonyl (C=O) groups excluding carboxylic acids is 1. The number of halogens is 2. The molecule has 32 heavy (non-hydrogen) atoms. The Hall–Kier alpha value is -4.14. The van der Waals surface area contributed by atoms with Gasteiger partial charge in [-0.2, -0.15) is 0 Å². The minimum atomic E-state index is -0.856. The first kappa shape index (κ1) is 21.1. The fourth-order valence-corrected chi connectivity index (χ4v) is 3.55. The van der Waals surface area contributed by atoms with E-state index < -0.39 is 35.3 Å². The van der Waals surface area contributed by atoms with E-state index in [1.165, 1.54) is 4.57 Å². The van der Waals surface area contributed by atoms with Crippen LogP contribution >= 0.6 is 0 Å². The molecular weight excluding hydrogens is 418 g/mol. The number of aromatic nitrogens is 3. The second-order valence-corrected chi connectivity index (χ2v) is 7.30. The van der Waals surface area contributed by atoms with Gasteiger partial charge in [-0.3, -0.25) is 9.59 Å². The highest BCUT2D eigenvalue weighted by atomic mass is 19.1. The third-order valence-corrected chi connectivity index (χ3v) is 4.94. The van der Waals surface area contributed by atoms with Crippen molar-refractivity contribution >= 4 is 22.6 Å². The molecule has 9 heteroatoms. The van der Waals surface area contributed by atoms with Crippen molar-refractivity contribution in [2.24, 2.45) is 0 Å². The van der Waals surface area contributed by atoms with Crippen LogP contribution in [-0.4, -0.2) is 20.0 Å². The minimum Gasteiger partial charge on any atom is -0.322 e. The third-order valence-electron chi connectivity index (χ3n) is 4.94. The zero-order chi connectivity index (χ0) is 23.0. The number of nitrogens with one attached hydrogen (secondary N) is 1. The van der Waals surface area contributed by atoms with Crippen LogP contribution in [0.5, 0.6) is 0 Å². The lowest BCUT2D eigenvalue weighted by molar-refractivity contribution is -0.116. The summed E-state index contributed by atoms with van der Waals surface area (Å²) in [6.07, 6.45) is 0. The van der Waals surface area contributed by atoms with Gasteiger partial charge in [-0.05, 0) is 49.7 Å². The number of hydrogen-bond donors (Lipinski definition) is 1. The number of anilines is 1. The average molecular weight is 436 g/mol. The number of hydrogen-bond acceptors (Lipinski definition) is 4. The van der Waals surface area contributed by atoms with E-state index in [9.17, 15) is 23.2 Å². The van der Waals surface area contributed by atoms with Crippen molar-refractivity contribution in [1.29, 1.82) is 0 Å². The van der Waals surface area contributed by atoms with Crippen molar-refractivity contribution in [3.8, 4) is 5.69 Å². The number of para-hydroxylation sites is 1. The van der Waals surface area contributed by atoms with Crippen molar-refractivity contribution in [3.63, 3.8) is 0 Å². The lowest BCUT2D eigenvalue weighted by atomic mass is 10.1. The molecule has 2 aromatic carbocycles. The van der Waals surface area contributed by atoms with Crippen molar-refractivity contribution in [2.45, 2.75) is 20.4 Å². The second-order valence-electron chi connectivity index (χ2n) is 7.30. The van der Waals surface area contributed by atoms with Crippen LogP contribution in [0.3, 0.4) is 0 Å². The van der Waals surface area contributed by atoms with Crippen LogP contribution in [0.15, 0.2) is 64.2 Å². The first-order valence-electron chi connectivity index (χ1n) is 9.70. The first-order valence-corrected chi connectivity index (χ1v) is 9.70. The average Bonchev–Trinajstić information content (AvgIpc) is 2.74. The topological polar surface area (TPSA) is 86.0 Å². The molecule has 0 saturated carbocycles. The van der Waals surface area contributed by atoms with Gasteiger partial charge in [0.05, 0.1) is 16.8 Å². The maximum Gasteiger partial charge on any atom is 0.337 e.